The molecule has 0 spiro atoms. The molecule has 0 aliphatic heterocycles. The molecule has 0 unspecified atom stereocenters. The van der Waals surface area contributed by atoms with Gasteiger partial charge in [-0.05, 0) is 17.7 Å². The van der Waals surface area contributed by atoms with Gasteiger partial charge in [0, 0.05) is 0 Å². The Balaban J connectivity index is 2.84. The van der Waals surface area contributed by atoms with E-state index in [0.29, 0.717) is 11.1 Å². The summed E-state index contributed by atoms with van der Waals surface area (Å²) in [6.45, 7) is 0. The van der Waals surface area contributed by atoms with Gasteiger partial charge in [-0.2, -0.15) is 5.26 Å². The Morgan fingerprint density at radius 3 is 2.33 bits per heavy atom. The molecule has 0 saturated heterocycles. The predicted molar refractivity (Wildman–Crippen MR) is 54.1 cm³/mol. The van der Waals surface area contributed by atoms with Gasteiger partial charge in [0.25, 0.3) is 0 Å². The zero-order chi connectivity index (χ0) is 11.5. The highest BCUT2D eigenvalue weighted by Crippen LogP contribution is 2.14. The molecular weight excluding hydrogens is 216 g/mol. The molecule has 1 aromatic rings. The number of primary sulfonamides is 1. The summed E-state index contributed by atoms with van der Waals surface area (Å²) in [4.78, 5) is 0. The van der Waals surface area contributed by atoms with Crippen molar-refractivity contribution in [2.45, 2.75) is 6.10 Å². The van der Waals surface area contributed by atoms with E-state index in [4.69, 9.17) is 10.4 Å². The van der Waals surface area contributed by atoms with Crippen LogP contribution in [0.15, 0.2) is 24.3 Å². The van der Waals surface area contributed by atoms with Crippen molar-refractivity contribution in [2.75, 3.05) is 5.75 Å². The molecule has 6 heteroatoms. The third-order valence-corrected chi connectivity index (χ3v) is 2.60. The molecule has 0 radical (unpaired) electrons. The summed E-state index contributed by atoms with van der Waals surface area (Å²) >= 11 is 0. The molecule has 5 nitrogen and oxygen atoms in total. The number of nitrogens with two attached hydrogens (primary N) is 1. The molecule has 1 atom stereocenters. The topological polar surface area (TPSA) is 104 Å². The molecule has 80 valence electrons. The lowest BCUT2D eigenvalue weighted by Gasteiger charge is -2.08. The normalized spacial score (nSPS) is 13.1. The second kappa shape index (κ2) is 4.40. The highest BCUT2D eigenvalue weighted by Gasteiger charge is 2.14. The SMILES string of the molecule is N#Cc1ccc([C@@H](O)CS(N)(=O)=O)cc1. The Morgan fingerprint density at radius 1 is 1.40 bits per heavy atom. The third kappa shape index (κ3) is 3.67. The van der Waals surface area contributed by atoms with Crippen LogP contribution in [0.3, 0.4) is 0 Å². The number of hydrogen-bond acceptors (Lipinski definition) is 4. The minimum absolute atomic E-state index is 0.419. The van der Waals surface area contributed by atoms with E-state index >= 15 is 0 Å². The van der Waals surface area contributed by atoms with Crippen molar-refractivity contribution in [3.8, 4) is 6.07 Å². The summed E-state index contributed by atoms with van der Waals surface area (Å²) in [6.07, 6.45) is -1.16. The number of sulfonamides is 1. The molecule has 15 heavy (non-hydrogen) atoms. The highest BCUT2D eigenvalue weighted by molar-refractivity contribution is 7.89. The predicted octanol–water partition coefficient (Wildman–Crippen LogP) is -0.120. The first-order chi connectivity index (χ1) is 6.92. The van der Waals surface area contributed by atoms with Gasteiger partial charge in [-0.15, -0.1) is 0 Å². The summed E-state index contributed by atoms with van der Waals surface area (Å²) < 4.78 is 21.4. The van der Waals surface area contributed by atoms with Gasteiger partial charge in [-0.3, -0.25) is 0 Å². The van der Waals surface area contributed by atoms with Crippen LogP contribution in [0.5, 0.6) is 0 Å². The quantitative estimate of drug-likeness (QED) is 0.749. The molecule has 0 aliphatic carbocycles. The fourth-order valence-electron chi connectivity index (χ4n) is 1.10. The van der Waals surface area contributed by atoms with Crippen molar-refractivity contribution in [3.63, 3.8) is 0 Å². The average molecular weight is 226 g/mol. The lowest BCUT2D eigenvalue weighted by atomic mass is 10.1. The van der Waals surface area contributed by atoms with Gasteiger partial charge in [0.1, 0.15) is 0 Å². The first kappa shape index (κ1) is 11.7. The number of nitrogens with zero attached hydrogens (tertiary/aromatic N) is 1. The van der Waals surface area contributed by atoms with Gasteiger partial charge in [0.2, 0.25) is 10.0 Å². The minimum Gasteiger partial charge on any atom is -0.387 e. The molecule has 0 amide bonds. The van der Waals surface area contributed by atoms with Gasteiger partial charge in [-0.1, -0.05) is 12.1 Å². The Bertz CT molecular complexity index is 473. The first-order valence-electron chi connectivity index (χ1n) is 4.11. The van der Waals surface area contributed by atoms with Gasteiger partial charge in [0.05, 0.1) is 23.5 Å². The zero-order valence-electron chi connectivity index (χ0n) is 7.79. The van der Waals surface area contributed by atoms with Crippen LogP contribution in [0, 0.1) is 11.3 Å². The lowest BCUT2D eigenvalue weighted by molar-refractivity contribution is 0.201. The second-order valence-corrected chi connectivity index (χ2v) is 4.74. The Morgan fingerprint density at radius 2 is 1.93 bits per heavy atom. The number of hydrogen-bond donors (Lipinski definition) is 2. The van der Waals surface area contributed by atoms with E-state index in [9.17, 15) is 13.5 Å². The van der Waals surface area contributed by atoms with Crippen LogP contribution in [0.2, 0.25) is 0 Å². The smallest absolute Gasteiger partial charge is 0.211 e. The second-order valence-electron chi connectivity index (χ2n) is 3.08. The zero-order valence-corrected chi connectivity index (χ0v) is 8.61. The molecular formula is C9H10N2O3S. The molecule has 0 fully saturated rings. The summed E-state index contributed by atoms with van der Waals surface area (Å²) in [5, 5.41) is 22.8. The van der Waals surface area contributed by atoms with E-state index in [0.717, 1.165) is 0 Å². The van der Waals surface area contributed by atoms with Crippen molar-refractivity contribution in [2.24, 2.45) is 5.14 Å². The summed E-state index contributed by atoms with van der Waals surface area (Å²) in [7, 11) is -3.70. The summed E-state index contributed by atoms with van der Waals surface area (Å²) in [5.41, 5.74) is 0.865. The minimum atomic E-state index is -3.70. The van der Waals surface area contributed by atoms with Crippen LogP contribution in [0.1, 0.15) is 17.2 Å². The summed E-state index contributed by atoms with van der Waals surface area (Å²) in [5.74, 6) is -0.529. The Labute approximate surface area is 87.8 Å². The van der Waals surface area contributed by atoms with Crippen LogP contribution in [0.4, 0.5) is 0 Å². The van der Waals surface area contributed by atoms with Crippen molar-refractivity contribution in [3.05, 3.63) is 35.4 Å². The van der Waals surface area contributed by atoms with Crippen molar-refractivity contribution in [1.29, 1.82) is 5.26 Å². The fourth-order valence-corrected chi connectivity index (χ4v) is 1.73. The Kier molecular flexibility index (Phi) is 3.42. The van der Waals surface area contributed by atoms with Crippen molar-refractivity contribution >= 4 is 10.0 Å². The number of benzene rings is 1. The van der Waals surface area contributed by atoms with E-state index < -0.39 is 21.9 Å². The van der Waals surface area contributed by atoms with Crippen molar-refractivity contribution < 1.29 is 13.5 Å². The fraction of sp³-hybridized carbons (Fsp3) is 0.222. The number of nitriles is 1. The van der Waals surface area contributed by atoms with Crippen LogP contribution >= 0.6 is 0 Å². The van der Waals surface area contributed by atoms with E-state index in [1.165, 1.54) is 24.3 Å². The molecule has 0 bridgehead atoms. The van der Waals surface area contributed by atoms with E-state index in [-0.39, 0.29) is 0 Å². The highest BCUT2D eigenvalue weighted by atomic mass is 32.2. The van der Waals surface area contributed by atoms with Crippen LogP contribution in [0.25, 0.3) is 0 Å². The van der Waals surface area contributed by atoms with Gasteiger partial charge >= 0.3 is 0 Å². The van der Waals surface area contributed by atoms with Crippen LogP contribution in [-0.4, -0.2) is 19.3 Å². The number of aliphatic hydroxyl groups excluding tert-OH is 1. The van der Waals surface area contributed by atoms with E-state index in [1.54, 1.807) is 0 Å². The monoisotopic (exact) mass is 226 g/mol. The summed E-state index contributed by atoms with van der Waals surface area (Å²) in [6, 6.07) is 7.91. The van der Waals surface area contributed by atoms with E-state index in [2.05, 4.69) is 0 Å². The van der Waals surface area contributed by atoms with Crippen molar-refractivity contribution in [1.82, 2.24) is 0 Å². The molecule has 0 aliphatic rings. The molecule has 3 N–H and O–H groups in total. The maximum Gasteiger partial charge on any atom is 0.211 e. The van der Waals surface area contributed by atoms with Gasteiger partial charge in [0.15, 0.2) is 0 Å². The number of aliphatic hydroxyl groups is 1. The number of rotatable bonds is 3. The standard InChI is InChI=1S/C9H10N2O3S/c10-5-7-1-3-8(4-2-7)9(12)6-15(11,13)14/h1-4,9,12H,6H2,(H2,11,13,14)/t9-/m0/s1. The molecule has 1 aromatic carbocycles. The Hall–Kier alpha value is -1.42. The van der Waals surface area contributed by atoms with Gasteiger partial charge < -0.3 is 5.11 Å². The maximum absolute atomic E-state index is 10.7. The average Bonchev–Trinajstić information content (AvgIpc) is 2.15. The van der Waals surface area contributed by atoms with Crippen LogP contribution < -0.4 is 5.14 Å². The first-order valence-corrected chi connectivity index (χ1v) is 5.82. The molecule has 0 heterocycles. The third-order valence-electron chi connectivity index (χ3n) is 1.81. The largest absolute Gasteiger partial charge is 0.387 e. The van der Waals surface area contributed by atoms with Gasteiger partial charge in [-0.25, -0.2) is 13.6 Å². The lowest BCUT2D eigenvalue weighted by Crippen LogP contribution is -2.21. The van der Waals surface area contributed by atoms with Crippen LogP contribution in [-0.2, 0) is 10.0 Å². The maximum atomic E-state index is 10.7. The molecule has 0 saturated carbocycles. The molecule has 1 rings (SSSR count). The van der Waals surface area contributed by atoms with E-state index in [1.807, 2.05) is 6.07 Å². The molecule has 0 aromatic heterocycles.